The first-order valence-corrected chi connectivity index (χ1v) is 9.21. The molecule has 1 aliphatic rings. The van der Waals surface area contributed by atoms with Gasteiger partial charge in [-0.1, -0.05) is 84.9 Å². The van der Waals surface area contributed by atoms with E-state index in [4.69, 9.17) is 0 Å². The normalized spacial score (nSPS) is 15.4. The number of benzene rings is 3. The minimum absolute atomic E-state index is 0.116. The first-order chi connectivity index (χ1) is 13.3. The second kappa shape index (κ2) is 7.92. The maximum atomic E-state index is 13.1. The van der Waals surface area contributed by atoms with Crippen molar-refractivity contribution in [2.75, 3.05) is 0 Å². The Labute approximate surface area is 159 Å². The Bertz CT molecular complexity index is 1000. The number of rotatable bonds is 4. The first-order valence-electron chi connectivity index (χ1n) is 9.21. The van der Waals surface area contributed by atoms with Crippen LogP contribution in [0.15, 0.2) is 95.1 Å². The molecule has 0 aliphatic heterocycles. The Morgan fingerprint density at radius 2 is 1.33 bits per heavy atom. The molecule has 0 fully saturated rings. The van der Waals surface area contributed by atoms with Gasteiger partial charge in [-0.25, -0.2) is 0 Å². The molecule has 0 aromatic heterocycles. The number of carbonyl (C=O) groups is 1. The number of ketones is 1. The third-order valence-corrected chi connectivity index (χ3v) is 4.76. The van der Waals surface area contributed by atoms with Crippen molar-refractivity contribution in [3.05, 3.63) is 107 Å². The van der Waals surface area contributed by atoms with Crippen molar-refractivity contribution in [2.24, 2.45) is 10.2 Å². The van der Waals surface area contributed by atoms with E-state index in [1.807, 2.05) is 66.7 Å². The lowest BCUT2D eigenvalue weighted by molar-refractivity contribution is 0.106. The molecule has 0 unspecified atom stereocenters. The molecule has 0 spiro atoms. The summed E-state index contributed by atoms with van der Waals surface area (Å²) < 4.78 is 0. The van der Waals surface area contributed by atoms with Crippen LogP contribution in [-0.2, 0) is 6.42 Å². The molecule has 132 valence electrons. The molecule has 0 bridgehead atoms. The summed E-state index contributed by atoms with van der Waals surface area (Å²) in [6.07, 6.45) is 2.99. The van der Waals surface area contributed by atoms with Gasteiger partial charge in [0.1, 0.15) is 5.71 Å². The van der Waals surface area contributed by atoms with Crippen LogP contribution in [0, 0.1) is 0 Å². The molecule has 0 atom stereocenters. The average Bonchev–Trinajstić information content (AvgIpc) is 2.75. The van der Waals surface area contributed by atoms with E-state index in [1.165, 1.54) is 5.56 Å². The second-order valence-electron chi connectivity index (χ2n) is 6.57. The Hall–Kier alpha value is -3.33. The molecule has 0 heterocycles. The second-order valence-corrected chi connectivity index (χ2v) is 6.57. The van der Waals surface area contributed by atoms with E-state index < -0.39 is 0 Å². The van der Waals surface area contributed by atoms with E-state index >= 15 is 0 Å². The highest BCUT2D eigenvalue weighted by Crippen LogP contribution is 2.22. The molecule has 1 aliphatic carbocycles. The molecule has 4 rings (SSSR count). The quantitative estimate of drug-likeness (QED) is 0.366. The highest BCUT2D eigenvalue weighted by atomic mass is 16.1. The van der Waals surface area contributed by atoms with Crippen molar-refractivity contribution in [2.45, 2.75) is 19.3 Å². The van der Waals surface area contributed by atoms with Gasteiger partial charge in [0, 0.05) is 16.7 Å². The maximum absolute atomic E-state index is 13.1. The summed E-state index contributed by atoms with van der Waals surface area (Å²) in [5.41, 5.74) is 5.16. The number of fused-ring (bicyclic) bond motifs is 1. The number of hydrogen-bond acceptors (Lipinski definition) is 3. The molecule has 3 aromatic carbocycles. The van der Waals surface area contributed by atoms with Crippen LogP contribution in [0.1, 0.15) is 39.9 Å². The van der Waals surface area contributed by atoms with Gasteiger partial charge in [-0.15, -0.1) is 5.10 Å². The summed E-state index contributed by atoms with van der Waals surface area (Å²) in [4.78, 5) is 13.1. The van der Waals surface area contributed by atoms with Crippen LogP contribution in [0.4, 0.5) is 0 Å². The fourth-order valence-corrected chi connectivity index (χ4v) is 3.37. The monoisotopic (exact) mass is 352 g/mol. The SMILES string of the molecule is O=C(/C(=N\N=C1\CCCc2ccccc21)c1ccccc1)c1ccccc1. The van der Waals surface area contributed by atoms with Crippen molar-refractivity contribution in [3.63, 3.8) is 0 Å². The summed E-state index contributed by atoms with van der Waals surface area (Å²) in [6.45, 7) is 0. The smallest absolute Gasteiger partial charge is 0.213 e. The van der Waals surface area contributed by atoms with Gasteiger partial charge in [0.15, 0.2) is 0 Å². The molecule has 0 N–H and O–H groups in total. The summed E-state index contributed by atoms with van der Waals surface area (Å²) in [7, 11) is 0. The number of carbonyl (C=O) groups excluding carboxylic acids is 1. The van der Waals surface area contributed by atoms with Gasteiger partial charge in [0.05, 0.1) is 5.71 Å². The van der Waals surface area contributed by atoms with E-state index in [9.17, 15) is 4.79 Å². The van der Waals surface area contributed by atoms with Crippen LogP contribution in [0.2, 0.25) is 0 Å². The zero-order valence-electron chi connectivity index (χ0n) is 15.0. The summed E-state index contributed by atoms with van der Waals surface area (Å²) in [6, 6.07) is 27.1. The van der Waals surface area contributed by atoms with Crippen molar-refractivity contribution in [1.29, 1.82) is 0 Å². The van der Waals surface area contributed by atoms with Gasteiger partial charge in [0.2, 0.25) is 5.78 Å². The number of Topliss-reactive ketones (excluding diaryl/α,β-unsaturated/α-hetero) is 1. The third kappa shape index (κ3) is 3.77. The van der Waals surface area contributed by atoms with Crippen LogP contribution in [0.5, 0.6) is 0 Å². The molecule has 3 heteroatoms. The lowest BCUT2D eigenvalue weighted by Crippen LogP contribution is -2.16. The average molecular weight is 352 g/mol. The Morgan fingerprint density at radius 3 is 2.07 bits per heavy atom. The zero-order valence-corrected chi connectivity index (χ0v) is 15.0. The zero-order chi connectivity index (χ0) is 18.5. The maximum Gasteiger partial charge on any atom is 0.213 e. The van der Waals surface area contributed by atoms with Gasteiger partial charge in [-0.3, -0.25) is 4.79 Å². The van der Waals surface area contributed by atoms with E-state index in [0.717, 1.165) is 36.1 Å². The van der Waals surface area contributed by atoms with E-state index in [0.29, 0.717) is 11.3 Å². The Kier molecular flexibility index (Phi) is 5.01. The van der Waals surface area contributed by atoms with E-state index in [2.05, 4.69) is 28.4 Å². The van der Waals surface area contributed by atoms with Crippen molar-refractivity contribution >= 4 is 17.2 Å². The molecular formula is C24H20N2O. The fourth-order valence-electron chi connectivity index (χ4n) is 3.37. The third-order valence-electron chi connectivity index (χ3n) is 4.76. The summed E-state index contributed by atoms with van der Waals surface area (Å²) in [5.74, 6) is -0.116. The molecule has 0 amide bonds. The van der Waals surface area contributed by atoms with Crippen LogP contribution in [0.25, 0.3) is 0 Å². The lowest BCUT2D eigenvalue weighted by Gasteiger charge is -2.16. The Balaban J connectivity index is 1.77. The fraction of sp³-hybridized carbons (Fsp3) is 0.125. The van der Waals surface area contributed by atoms with Crippen LogP contribution in [0.3, 0.4) is 0 Å². The topological polar surface area (TPSA) is 41.8 Å². The van der Waals surface area contributed by atoms with Crippen LogP contribution >= 0.6 is 0 Å². The van der Waals surface area contributed by atoms with Gasteiger partial charge in [0.25, 0.3) is 0 Å². The van der Waals surface area contributed by atoms with E-state index in [-0.39, 0.29) is 5.78 Å². The molecule has 0 saturated heterocycles. The number of nitrogens with zero attached hydrogens (tertiary/aromatic N) is 2. The lowest BCUT2D eigenvalue weighted by atomic mass is 9.90. The predicted octanol–water partition coefficient (Wildman–Crippen LogP) is 5.10. The molecule has 0 saturated carbocycles. The largest absolute Gasteiger partial charge is 0.287 e. The van der Waals surface area contributed by atoms with Gasteiger partial charge in [-0.05, 0) is 24.8 Å². The van der Waals surface area contributed by atoms with Crippen LogP contribution in [-0.4, -0.2) is 17.2 Å². The molecule has 3 aromatic rings. The molecule has 0 radical (unpaired) electrons. The standard InChI is InChI=1S/C24H20N2O/c27-24(20-13-5-2-6-14-20)23(19-11-3-1-4-12-19)26-25-22-17-9-15-18-10-7-8-16-21(18)22/h1-8,10-14,16H,9,15,17H2/b25-22-,26-23-. The minimum Gasteiger partial charge on any atom is -0.287 e. The highest BCUT2D eigenvalue weighted by molar-refractivity contribution is 6.51. The molecular weight excluding hydrogens is 332 g/mol. The van der Waals surface area contributed by atoms with Gasteiger partial charge >= 0.3 is 0 Å². The number of hydrogen-bond donors (Lipinski definition) is 0. The van der Waals surface area contributed by atoms with Crippen LogP contribution < -0.4 is 0 Å². The first kappa shape index (κ1) is 17.1. The van der Waals surface area contributed by atoms with Gasteiger partial charge < -0.3 is 0 Å². The summed E-state index contributed by atoms with van der Waals surface area (Å²) in [5, 5.41) is 8.98. The Morgan fingerprint density at radius 1 is 0.704 bits per heavy atom. The van der Waals surface area contributed by atoms with Gasteiger partial charge in [-0.2, -0.15) is 5.10 Å². The molecule has 27 heavy (non-hydrogen) atoms. The molecule has 3 nitrogen and oxygen atoms in total. The highest BCUT2D eigenvalue weighted by Gasteiger charge is 2.18. The van der Waals surface area contributed by atoms with Crippen molar-refractivity contribution < 1.29 is 4.79 Å². The predicted molar refractivity (Wildman–Crippen MR) is 110 cm³/mol. The van der Waals surface area contributed by atoms with Crippen molar-refractivity contribution in [3.8, 4) is 0 Å². The van der Waals surface area contributed by atoms with E-state index in [1.54, 1.807) is 0 Å². The summed E-state index contributed by atoms with van der Waals surface area (Å²) >= 11 is 0. The number of aryl methyl sites for hydroxylation is 1. The minimum atomic E-state index is -0.116. The van der Waals surface area contributed by atoms with Crippen molar-refractivity contribution in [1.82, 2.24) is 0 Å².